The van der Waals surface area contributed by atoms with Gasteiger partial charge in [0.2, 0.25) is 5.91 Å². The van der Waals surface area contributed by atoms with Crippen LogP contribution in [0.25, 0.3) is 0 Å². The van der Waals surface area contributed by atoms with Crippen LogP contribution < -0.4 is 5.32 Å². The summed E-state index contributed by atoms with van der Waals surface area (Å²) in [5.41, 5.74) is 0. The van der Waals surface area contributed by atoms with Crippen LogP contribution in [0.5, 0.6) is 0 Å². The Balaban J connectivity index is 0.00000128. The van der Waals surface area contributed by atoms with Gasteiger partial charge in [0.1, 0.15) is 0 Å². The maximum absolute atomic E-state index is 11.8. The van der Waals surface area contributed by atoms with Crippen LogP contribution in [0.15, 0.2) is 0 Å². The molecule has 94 valence electrons. The van der Waals surface area contributed by atoms with Crippen LogP contribution in [0.1, 0.15) is 6.92 Å². The minimum atomic E-state index is -2.95. The summed E-state index contributed by atoms with van der Waals surface area (Å²) in [5.74, 6) is 0.286. The zero-order valence-corrected chi connectivity index (χ0v) is 10.8. The third-order valence-corrected chi connectivity index (χ3v) is 5.31. The molecule has 7 heteroatoms. The van der Waals surface area contributed by atoms with Gasteiger partial charge in [-0.3, -0.25) is 4.79 Å². The van der Waals surface area contributed by atoms with Gasteiger partial charge in [0, 0.05) is 26.2 Å². The molecule has 1 N–H and O–H groups in total. The first kappa shape index (κ1) is 13.7. The van der Waals surface area contributed by atoms with E-state index < -0.39 is 15.1 Å². The van der Waals surface area contributed by atoms with Crippen LogP contribution in [0, 0.1) is 5.92 Å². The summed E-state index contributed by atoms with van der Waals surface area (Å²) in [6.45, 7) is 3.86. The zero-order chi connectivity index (χ0) is 11.1. The van der Waals surface area contributed by atoms with Crippen molar-refractivity contribution >= 4 is 28.2 Å². The van der Waals surface area contributed by atoms with Gasteiger partial charge < -0.3 is 10.2 Å². The Kier molecular flexibility index (Phi) is 4.20. The minimum absolute atomic E-state index is 0. The second-order valence-electron chi connectivity index (χ2n) is 4.32. The first-order valence-corrected chi connectivity index (χ1v) is 6.93. The fraction of sp³-hybridized carbons (Fsp3) is 0.889. The zero-order valence-electron chi connectivity index (χ0n) is 9.18. The average molecular weight is 269 g/mol. The lowest BCUT2D eigenvalue weighted by Crippen LogP contribution is -2.56. The lowest BCUT2D eigenvalue weighted by Gasteiger charge is -2.36. The Morgan fingerprint density at radius 1 is 1.38 bits per heavy atom. The molecule has 0 aliphatic carbocycles. The van der Waals surface area contributed by atoms with Gasteiger partial charge in [-0.15, -0.1) is 12.4 Å². The molecule has 1 atom stereocenters. The molecular weight excluding hydrogens is 252 g/mol. The third kappa shape index (κ3) is 2.49. The number of hydrogen-bond donors (Lipinski definition) is 1. The van der Waals surface area contributed by atoms with E-state index in [0.717, 1.165) is 13.1 Å². The van der Waals surface area contributed by atoms with Crippen LogP contribution in [-0.2, 0) is 14.6 Å². The highest BCUT2D eigenvalue weighted by Crippen LogP contribution is 2.16. The van der Waals surface area contributed by atoms with Gasteiger partial charge in [-0.1, -0.05) is 0 Å². The SMILES string of the molecule is CC1CN(C(=O)C2CNC2)CCS1(=O)=O.Cl. The predicted octanol–water partition coefficient (Wildman–Crippen LogP) is -0.727. The predicted molar refractivity (Wildman–Crippen MR) is 63.4 cm³/mol. The number of rotatable bonds is 1. The number of hydrogen-bond acceptors (Lipinski definition) is 4. The normalized spacial score (nSPS) is 29.1. The highest BCUT2D eigenvalue weighted by atomic mass is 35.5. The molecular formula is C9H17ClN2O3S. The van der Waals surface area contributed by atoms with Gasteiger partial charge in [-0.25, -0.2) is 8.42 Å². The smallest absolute Gasteiger partial charge is 0.228 e. The van der Waals surface area contributed by atoms with E-state index in [0.29, 0.717) is 13.1 Å². The molecule has 5 nitrogen and oxygen atoms in total. The molecule has 0 saturated carbocycles. The molecule has 2 aliphatic heterocycles. The number of sulfone groups is 1. The van der Waals surface area contributed by atoms with E-state index >= 15 is 0 Å². The molecule has 2 saturated heterocycles. The summed E-state index contributed by atoms with van der Waals surface area (Å²) >= 11 is 0. The van der Waals surface area contributed by atoms with Crippen molar-refractivity contribution < 1.29 is 13.2 Å². The monoisotopic (exact) mass is 268 g/mol. The highest BCUT2D eigenvalue weighted by Gasteiger charge is 2.35. The molecule has 2 rings (SSSR count). The van der Waals surface area contributed by atoms with Crippen molar-refractivity contribution in [2.45, 2.75) is 12.2 Å². The van der Waals surface area contributed by atoms with E-state index in [-0.39, 0.29) is 30.0 Å². The summed E-state index contributed by atoms with van der Waals surface area (Å²) < 4.78 is 22.9. The molecule has 1 amide bonds. The van der Waals surface area contributed by atoms with Crippen LogP contribution >= 0.6 is 12.4 Å². The number of nitrogens with one attached hydrogen (secondary N) is 1. The summed E-state index contributed by atoms with van der Waals surface area (Å²) in [4.78, 5) is 13.5. The topological polar surface area (TPSA) is 66.5 Å². The van der Waals surface area contributed by atoms with Gasteiger partial charge in [0.25, 0.3) is 0 Å². The van der Waals surface area contributed by atoms with Gasteiger partial charge >= 0.3 is 0 Å². The molecule has 1 unspecified atom stereocenters. The Hall–Kier alpha value is -0.330. The van der Waals surface area contributed by atoms with E-state index in [1.807, 2.05) is 0 Å². The third-order valence-electron chi connectivity index (χ3n) is 3.18. The first-order valence-electron chi connectivity index (χ1n) is 5.22. The van der Waals surface area contributed by atoms with Crippen LogP contribution in [0.3, 0.4) is 0 Å². The average Bonchev–Trinajstić information content (AvgIpc) is 2.06. The van der Waals surface area contributed by atoms with Gasteiger partial charge in [0.15, 0.2) is 9.84 Å². The minimum Gasteiger partial charge on any atom is -0.340 e. The molecule has 2 aliphatic rings. The first-order chi connectivity index (χ1) is 7.00. The molecule has 2 heterocycles. The lowest BCUT2D eigenvalue weighted by atomic mass is 10.0. The molecule has 0 spiro atoms. The fourth-order valence-corrected chi connectivity index (χ4v) is 3.16. The van der Waals surface area contributed by atoms with Crippen LogP contribution in [0.2, 0.25) is 0 Å². The fourth-order valence-electron chi connectivity index (χ4n) is 1.88. The van der Waals surface area contributed by atoms with Crippen molar-refractivity contribution in [2.75, 3.05) is 31.9 Å². The Bertz CT molecular complexity index is 367. The highest BCUT2D eigenvalue weighted by molar-refractivity contribution is 7.92. The molecule has 2 fully saturated rings. The Labute approximate surface area is 102 Å². The number of halogens is 1. The van der Waals surface area contributed by atoms with Crippen LogP contribution in [-0.4, -0.2) is 56.4 Å². The molecule has 16 heavy (non-hydrogen) atoms. The molecule has 0 aromatic heterocycles. The summed E-state index contributed by atoms with van der Waals surface area (Å²) in [6.07, 6.45) is 0. The number of nitrogens with zero attached hydrogens (tertiary/aromatic N) is 1. The molecule has 0 bridgehead atoms. The second kappa shape index (κ2) is 4.89. The van der Waals surface area contributed by atoms with Crippen molar-refractivity contribution in [2.24, 2.45) is 5.92 Å². The summed E-state index contributed by atoms with van der Waals surface area (Å²) in [6, 6.07) is 0. The van der Waals surface area contributed by atoms with E-state index in [9.17, 15) is 13.2 Å². The molecule has 0 radical (unpaired) electrons. The van der Waals surface area contributed by atoms with E-state index in [1.54, 1.807) is 11.8 Å². The number of amides is 1. The summed E-state index contributed by atoms with van der Waals surface area (Å²) in [7, 11) is -2.95. The van der Waals surface area contributed by atoms with Crippen molar-refractivity contribution in [3.63, 3.8) is 0 Å². The van der Waals surface area contributed by atoms with Gasteiger partial charge in [-0.2, -0.15) is 0 Å². The van der Waals surface area contributed by atoms with Gasteiger partial charge in [0.05, 0.1) is 16.9 Å². The van der Waals surface area contributed by atoms with Crippen molar-refractivity contribution in [1.29, 1.82) is 0 Å². The van der Waals surface area contributed by atoms with Crippen molar-refractivity contribution in [1.82, 2.24) is 10.2 Å². The van der Waals surface area contributed by atoms with E-state index in [1.165, 1.54) is 0 Å². The second-order valence-corrected chi connectivity index (χ2v) is 6.86. The van der Waals surface area contributed by atoms with Crippen LogP contribution in [0.4, 0.5) is 0 Å². The van der Waals surface area contributed by atoms with Crippen molar-refractivity contribution in [3.05, 3.63) is 0 Å². The largest absolute Gasteiger partial charge is 0.340 e. The maximum atomic E-state index is 11.8. The van der Waals surface area contributed by atoms with Crippen molar-refractivity contribution in [3.8, 4) is 0 Å². The quantitative estimate of drug-likeness (QED) is 0.681. The molecule has 0 aromatic carbocycles. The maximum Gasteiger partial charge on any atom is 0.228 e. The number of carbonyl (C=O) groups is 1. The van der Waals surface area contributed by atoms with E-state index in [4.69, 9.17) is 0 Å². The van der Waals surface area contributed by atoms with Gasteiger partial charge in [-0.05, 0) is 6.92 Å². The summed E-state index contributed by atoms with van der Waals surface area (Å²) in [5, 5.41) is 2.63. The Morgan fingerprint density at radius 2 is 2.00 bits per heavy atom. The molecule has 0 aromatic rings. The number of carbonyl (C=O) groups excluding carboxylic acids is 1. The standard InChI is InChI=1S/C9H16N2O3S.ClH/c1-7-6-11(2-3-15(7,13)14)9(12)8-4-10-5-8;/h7-8,10H,2-6H2,1H3;1H. The van der Waals surface area contributed by atoms with E-state index in [2.05, 4.69) is 5.32 Å². The Morgan fingerprint density at radius 3 is 2.44 bits per heavy atom. The lowest BCUT2D eigenvalue weighted by molar-refractivity contribution is -0.137.